The topological polar surface area (TPSA) is 0 Å². The van der Waals surface area contributed by atoms with Crippen molar-refractivity contribution in [3.8, 4) is 0 Å². The summed E-state index contributed by atoms with van der Waals surface area (Å²) in [5.74, 6) is 0.326. The van der Waals surface area contributed by atoms with E-state index in [0.717, 1.165) is 5.56 Å². The number of benzene rings is 1. The molecule has 0 radical (unpaired) electrons. The van der Waals surface area contributed by atoms with Gasteiger partial charge in [-0.05, 0) is 17.0 Å². The molecule has 9 heteroatoms. The molecule has 0 amide bonds. The molecule has 0 unspecified atom stereocenters. The molecule has 0 aliphatic rings. The highest BCUT2D eigenvalue weighted by atomic mass is 35.6. The SMILES string of the molecule is CC(C)c1ccc(C(Cl)(Cl)C(Cl)(Cl)C(Cl)(Cl)C(Cl)(Cl)Cl)cc1. The summed E-state index contributed by atoms with van der Waals surface area (Å²) >= 11 is 54.5. The molecule has 0 heterocycles. The molecular formula is C13H11Cl9. The van der Waals surface area contributed by atoms with Crippen LogP contribution in [0, 0.1) is 0 Å². The molecule has 126 valence electrons. The first-order chi connectivity index (χ1) is 9.66. The van der Waals surface area contributed by atoms with E-state index in [2.05, 4.69) is 0 Å². The van der Waals surface area contributed by atoms with Gasteiger partial charge in [-0.1, -0.05) is 143 Å². The number of halogens is 9. The first-order valence-electron chi connectivity index (χ1n) is 5.97. The molecule has 0 saturated carbocycles. The lowest BCUT2D eigenvalue weighted by molar-refractivity contribution is 0.600. The maximum atomic E-state index is 6.33. The quantitative estimate of drug-likeness (QED) is 0.377. The molecule has 0 bridgehead atoms. The van der Waals surface area contributed by atoms with Gasteiger partial charge in [0.15, 0.2) is 8.67 Å². The summed E-state index contributed by atoms with van der Waals surface area (Å²) in [5, 5.41) is 0. The zero-order chi connectivity index (χ0) is 17.6. The van der Waals surface area contributed by atoms with Crippen LogP contribution in [0.1, 0.15) is 30.9 Å². The lowest BCUT2D eigenvalue weighted by atomic mass is 9.99. The predicted molar refractivity (Wildman–Crippen MR) is 103 cm³/mol. The maximum Gasteiger partial charge on any atom is 0.226 e. The summed E-state index contributed by atoms with van der Waals surface area (Å²) in [6.07, 6.45) is 0. The van der Waals surface area contributed by atoms with E-state index in [1.165, 1.54) is 0 Å². The smallest absolute Gasteiger partial charge is 0.0943 e. The van der Waals surface area contributed by atoms with Crippen molar-refractivity contribution < 1.29 is 0 Å². The summed E-state index contributed by atoms with van der Waals surface area (Å²) in [6, 6.07) is 7.00. The van der Waals surface area contributed by atoms with Gasteiger partial charge in [0.25, 0.3) is 0 Å². The van der Waals surface area contributed by atoms with Crippen molar-refractivity contribution in [1.29, 1.82) is 0 Å². The van der Waals surface area contributed by atoms with Crippen molar-refractivity contribution in [2.75, 3.05) is 0 Å². The Morgan fingerprint density at radius 2 is 1.09 bits per heavy atom. The molecule has 0 aliphatic carbocycles. The van der Waals surface area contributed by atoms with Crippen LogP contribution in [0.4, 0.5) is 0 Å². The van der Waals surface area contributed by atoms with Gasteiger partial charge in [-0.25, -0.2) is 0 Å². The lowest BCUT2D eigenvalue weighted by Gasteiger charge is -2.44. The third kappa shape index (κ3) is 3.97. The molecule has 0 nitrogen and oxygen atoms in total. The molecule has 1 aromatic rings. The van der Waals surface area contributed by atoms with Crippen LogP contribution in [-0.2, 0) is 4.33 Å². The Morgan fingerprint density at radius 3 is 1.41 bits per heavy atom. The van der Waals surface area contributed by atoms with E-state index in [9.17, 15) is 0 Å². The fraction of sp³-hybridized carbons (Fsp3) is 0.538. The van der Waals surface area contributed by atoms with Gasteiger partial charge >= 0.3 is 0 Å². The zero-order valence-electron chi connectivity index (χ0n) is 11.3. The molecule has 0 fully saturated rings. The monoisotopic (exact) mass is 482 g/mol. The second-order valence-corrected chi connectivity index (χ2v) is 11.3. The van der Waals surface area contributed by atoms with Gasteiger partial charge in [0.1, 0.15) is 0 Å². The van der Waals surface area contributed by atoms with Crippen LogP contribution in [0.15, 0.2) is 24.3 Å². The van der Waals surface area contributed by atoms with Gasteiger partial charge in [-0.15, -0.1) is 0 Å². The Hall–Kier alpha value is 1.83. The zero-order valence-corrected chi connectivity index (χ0v) is 18.1. The third-order valence-electron chi connectivity index (χ3n) is 3.08. The van der Waals surface area contributed by atoms with E-state index in [0.29, 0.717) is 11.5 Å². The van der Waals surface area contributed by atoms with E-state index in [1.54, 1.807) is 12.1 Å². The number of hydrogen-bond donors (Lipinski definition) is 0. The van der Waals surface area contributed by atoms with Gasteiger partial charge in [-0.2, -0.15) is 0 Å². The molecule has 22 heavy (non-hydrogen) atoms. The van der Waals surface area contributed by atoms with Crippen molar-refractivity contribution in [2.45, 2.75) is 36.6 Å². The van der Waals surface area contributed by atoms with E-state index in [1.807, 2.05) is 26.0 Å². The molecule has 1 aromatic carbocycles. The van der Waals surface area contributed by atoms with E-state index >= 15 is 0 Å². The highest BCUT2D eigenvalue weighted by Gasteiger charge is 2.68. The highest BCUT2D eigenvalue weighted by Crippen LogP contribution is 2.65. The van der Waals surface area contributed by atoms with Gasteiger partial charge in [0.05, 0.1) is 0 Å². The second-order valence-electron chi connectivity index (χ2n) is 5.00. The van der Waals surface area contributed by atoms with Crippen molar-refractivity contribution >= 4 is 104 Å². The number of hydrogen-bond acceptors (Lipinski definition) is 0. The Bertz CT molecular complexity index is 511. The summed E-state index contributed by atoms with van der Waals surface area (Å²) < 4.78 is -8.67. The van der Waals surface area contributed by atoms with Crippen LogP contribution < -0.4 is 0 Å². The molecule has 0 aromatic heterocycles. The summed E-state index contributed by atoms with van der Waals surface area (Å²) in [4.78, 5) is 0. The minimum atomic E-state index is -2.28. The molecule has 0 atom stereocenters. The minimum absolute atomic E-state index is 0.326. The molecule has 1 rings (SSSR count). The molecule has 0 saturated heterocycles. The normalized spacial score (nSPS) is 14.5. The van der Waals surface area contributed by atoms with Crippen molar-refractivity contribution in [3.05, 3.63) is 35.4 Å². The number of rotatable bonds is 4. The van der Waals surface area contributed by atoms with Crippen LogP contribution in [-0.4, -0.2) is 12.5 Å². The Labute approximate surface area is 175 Å². The van der Waals surface area contributed by atoms with Gasteiger partial charge in [-0.3, -0.25) is 0 Å². The molecule has 0 N–H and O–H groups in total. The van der Waals surface area contributed by atoms with Crippen molar-refractivity contribution in [2.24, 2.45) is 0 Å². The summed E-state index contributed by atoms with van der Waals surface area (Å²) in [7, 11) is 0. The van der Waals surface area contributed by atoms with Gasteiger partial charge in [0, 0.05) is 0 Å². The first-order valence-corrected chi connectivity index (χ1v) is 9.37. The summed E-state index contributed by atoms with van der Waals surface area (Å²) in [5.41, 5.74) is 1.44. The lowest BCUT2D eigenvalue weighted by Crippen LogP contribution is -2.54. The van der Waals surface area contributed by atoms with Crippen LogP contribution in [0.25, 0.3) is 0 Å². The average molecular weight is 486 g/mol. The Balaban J connectivity index is 3.32. The van der Waals surface area contributed by atoms with Gasteiger partial charge < -0.3 is 0 Å². The fourth-order valence-electron chi connectivity index (χ4n) is 1.63. The van der Waals surface area contributed by atoms with Crippen LogP contribution in [0.5, 0.6) is 0 Å². The fourth-order valence-corrected chi connectivity index (χ4v) is 3.86. The van der Waals surface area contributed by atoms with E-state index in [4.69, 9.17) is 104 Å². The van der Waals surface area contributed by atoms with Crippen LogP contribution in [0.3, 0.4) is 0 Å². The standard InChI is InChI=1S/C13H11Cl9/c1-7(2)8-3-5-9(6-4-8)10(14,15)11(16,17)12(18,19)13(20,21)22/h3-7H,1-2H3. The average Bonchev–Trinajstić information content (AvgIpc) is 2.37. The molecule has 0 spiro atoms. The number of alkyl halides is 9. The van der Waals surface area contributed by atoms with E-state index in [-0.39, 0.29) is 0 Å². The largest absolute Gasteiger partial charge is 0.226 e. The highest BCUT2D eigenvalue weighted by molar-refractivity contribution is 6.80. The van der Waals surface area contributed by atoms with Crippen LogP contribution in [0.2, 0.25) is 0 Å². The predicted octanol–water partition coefficient (Wildman–Crippen LogP) is 8.16. The third-order valence-corrected chi connectivity index (χ3v) is 8.56. The van der Waals surface area contributed by atoms with Crippen LogP contribution >= 0.6 is 104 Å². The van der Waals surface area contributed by atoms with Gasteiger partial charge in [0.2, 0.25) is 8.13 Å². The van der Waals surface area contributed by atoms with E-state index < -0.39 is 16.8 Å². The molecule has 0 aliphatic heterocycles. The van der Waals surface area contributed by atoms with Crippen molar-refractivity contribution in [3.63, 3.8) is 0 Å². The van der Waals surface area contributed by atoms with Crippen molar-refractivity contribution in [1.82, 2.24) is 0 Å². The summed E-state index contributed by atoms with van der Waals surface area (Å²) in [6.45, 7) is 4.09. The second kappa shape index (κ2) is 7.22. The Morgan fingerprint density at radius 1 is 0.682 bits per heavy atom. The minimum Gasteiger partial charge on any atom is -0.0943 e. The first kappa shape index (κ1) is 21.9. The Kier molecular flexibility index (Phi) is 7.17. The maximum absolute atomic E-state index is 6.33. The molecular weight excluding hydrogens is 475 g/mol.